The second-order valence-corrected chi connectivity index (χ2v) is 8.96. The Morgan fingerprint density at radius 2 is 1.64 bits per heavy atom. The molecule has 0 radical (unpaired) electrons. The molecule has 2 rings (SSSR count). The standard InChI is InChI=1S/C16H27N3O2S/c1-15(2)10-14(11-16(3,4)19-15)18-22(20,21)17-12-13-8-6-5-7-9-13/h5-9,14,17-19H,10-12H2,1-4H3. The van der Waals surface area contributed by atoms with Gasteiger partial charge in [-0.25, -0.2) is 0 Å². The van der Waals surface area contributed by atoms with Gasteiger partial charge in [0.1, 0.15) is 0 Å². The molecule has 0 aromatic heterocycles. The van der Waals surface area contributed by atoms with Gasteiger partial charge in [-0.15, -0.1) is 0 Å². The quantitative estimate of drug-likeness (QED) is 0.774. The first-order valence-corrected chi connectivity index (χ1v) is 9.15. The third-order valence-corrected chi connectivity index (χ3v) is 4.99. The van der Waals surface area contributed by atoms with E-state index in [1.165, 1.54) is 0 Å². The Hall–Kier alpha value is -0.950. The molecule has 0 unspecified atom stereocenters. The van der Waals surface area contributed by atoms with Gasteiger partial charge in [0.05, 0.1) is 0 Å². The number of hydrogen-bond donors (Lipinski definition) is 3. The van der Waals surface area contributed by atoms with E-state index >= 15 is 0 Å². The van der Waals surface area contributed by atoms with Crippen molar-refractivity contribution in [3.63, 3.8) is 0 Å². The van der Waals surface area contributed by atoms with Crippen molar-refractivity contribution in [3.8, 4) is 0 Å². The van der Waals surface area contributed by atoms with E-state index in [-0.39, 0.29) is 17.1 Å². The lowest BCUT2D eigenvalue weighted by atomic mass is 9.80. The normalized spacial score (nSPS) is 21.6. The maximum absolute atomic E-state index is 12.3. The van der Waals surface area contributed by atoms with E-state index < -0.39 is 10.2 Å². The number of rotatable bonds is 5. The Bertz CT molecular complexity index is 581. The van der Waals surface area contributed by atoms with Gasteiger partial charge in [-0.2, -0.15) is 17.9 Å². The average molecular weight is 325 g/mol. The van der Waals surface area contributed by atoms with E-state index in [0.29, 0.717) is 6.54 Å². The molecule has 0 atom stereocenters. The highest BCUT2D eigenvalue weighted by Crippen LogP contribution is 2.28. The summed E-state index contributed by atoms with van der Waals surface area (Å²) in [7, 11) is -3.51. The zero-order chi connectivity index (χ0) is 16.4. The van der Waals surface area contributed by atoms with E-state index in [4.69, 9.17) is 0 Å². The lowest BCUT2D eigenvalue weighted by Crippen LogP contribution is -2.62. The van der Waals surface area contributed by atoms with Crippen LogP contribution in [0.5, 0.6) is 0 Å². The third-order valence-electron chi connectivity index (χ3n) is 3.82. The summed E-state index contributed by atoms with van der Waals surface area (Å²) in [5.41, 5.74) is 0.766. The van der Waals surface area contributed by atoms with Gasteiger partial charge in [-0.05, 0) is 46.1 Å². The van der Waals surface area contributed by atoms with Gasteiger partial charge >= 0.3 is 0 Å². The molecule has 1 saturated heterocycles. The van der Waals surface area contributed by atoms with Gasteiger partial charge in [-0.3, -0.25) is 0 Å². The first kappa shape index (κ1) is 17.4. The predicted molar refractivity (Wildman–Crippen MR) is 89.7 cm³/mol. The highest BCUT2D eigenvalue weighted by Gasteiger charge is 2.38. The van der Waals surface area contributed by atoms with Gasteiger partial charge < -0.3 is 5.32 Å². The topological polar surface area (TPSA) is 70.2 Å². The molecule has 6 heteroatoms. The van der Waals surface area contributed by atoms with Crippen LogP contribution in [-0.2, 0) is 16.8 Å². The minimum absolute atomic E-state index is 0.0699. The van der Waals surface area contributed by atoms with Crippen LogP contribution in [0.2, 0.25) is 0 Å². The maximum Gasteiger partial charge on any atom is 0.277 e. The monoisotopic (exact) mass is 325 g/mol. The first-order valence-electron chi connectivity index (χ1n) is 7.67. The predicted octanol–water partition coefficient (Wildman–Crippen LogP) is 1.92. The van der Waals surface area contributed by atoms with Crippen molar-refractivity contribution in [2.24, 2.45) is 0 Å². The van der Waals surface area contributed by atoms with Crippen molar-refractivity contribution < 1.29 is 8.42 Å². The minimum Gasteiger partial charge on any atom is -0.307 e. The van der Waals surface area contributed by atoms with Crippen LogP contribution < -0.4 is 14.8 Å². The summed E-state index contributed by atoms with van der Waals surface area (Å²) in [6.45, 7) is 8.71. The van der Waals surface area contributed by atoms with Crippen LogP contribution >= 0.6 is 0 Å². The van der Waals surface area contributed by atoms with E-state index in [1.54, 1.807) is 0 Å². The summed E-state index contributed by atoms with van der Waals surface area (Å²) in [5, 5.41) is 3.55. The van der Waals surface area contributed by atoms with Crippen LogP contribution in [0.1, 0.15) is 46.1 Å². The molecule has 1 heterocycles. The number of nitrogens with one attached hydrogen (secondary N) is 3. The smallest absolute Gasteiger partial charge is 0.277 e. The fourth-order valence-electron chi connectivity index (χ4n) is 3.44. The van der Waals surface area contributed by atoms with E-state index in [1.807, 2.05) is 30.3 Å². The molecular formula is C16H27N3O2S. The second kappa shape index (κ2) is 6.28. The molecular weight excluding hydrogens is 298 g/mol. The fraction of sp³-hybridized carbons (Fsp3) is 0.625. The average Bonchev–Trinajstić information content (AvgIpc) is 2.33. The van der Waals surface area contributed by atoms with Gasteiger partial charge in [0.15, 0.2) is 0 Å². The SMILES string of the molecule is CC1(C)CC(NS(=O)(=O)NCc2ccccc2)CC(C)(C)N1. The van der Waals surface area contributed by atoms with Gasteiger partial charge in [-0.1, -0.05) is 30.3 Å². The Morgan fingerprint density at radius 1 is 1.09 bits per heavy atom. The summed E-state index contributed by atoms with van der Waals surface area (Å²) in [6.07, 6.45) is 1.53. The van der Waals surface area contributed by atoms with E-state index in [2.05, 4.69) is 42.5 Å². The minimum atomic E-state index is -3.51. The molecule has 1 aliphatic rings. The molecule has 124 valence electrons. The Kier molecular flexibility index (Phi) is 4.96. The summed E-state index contributed by atoms with van der Waals surface area (Å²) in [4.78, 5) is 0. The molecule has 1 aliphatic heterocycles. The lowest BCUT2D eigenvalue weighted by Gasteiger charge is -2.46. The lowest BCUT2D eigenvalue weighted by molar-refractivity contribution is 0.156. The molecule has 1 fully saturated rings. The number of hydrogen-bond acceptors (Lipinski definition) is 3. The van der Waals surface area contributed by atoms with Crippen molar-refractivity contribution in [2.45, 2.75) is 64.2 Å². The van der Waals surface area contributed by atoms with Crippen molar-refractivity contribution in [1.29, 1.82) is 0 Å². The van der Waals surface area contributed by atoms with Crippen LogP contribution in [0.25, 0.3) is 0 Å². The highest BCUT2D eigenvalue weighted by molar-refractivity contribution is 7.87. The summed E-state index contributed by atoms with van der Waals surface area (Å²) in [5.74, 6) is 0. The number of piperidine rings is 1. The summed E-state index contributed by atoms with van der Waals surface area (Å²) >= 11 is 0. The van der Waals surface area contributed by atoms with Crippen LogP contribution in [0.4, 0.5) is 0 Å². The van der Waals surface area contributed by atoms with Crippen LogP contribution in [0, 0.1) is 0 Å². The Balaban J connectivity index is 1.96. The molecule has 3 N–H and O–H groups in total. The Labute approximate surface area is 134 Å². The maximum atomic E-state index is 12.3. The van der Waals surface area contributed by atoms with Gasteiger partial charge in [0.2, 0.25) is 0 Å². The Morgan fingerprint density at radius 3 is 2.18 bits per heavy atom. The van der Waals surface area contributed by atoms with Gasteiger partial charge in [0.25, 0.3) is 10.2 Å². The van der Waals surface area contributed by atoms with Crippen LogP contribution in [-0.4, -0.2) is 25.5 Å². The zero-order valence-electron chi connectivity index (χ0n) is 13.8. The summed E-state index contributed by atoms with van der Waals surface area (Å²) in [6, 6.07) is 9.44. The second-order valence-electron chi connectivity index (χ2n) is 7.43. The fourth-order valence-corrected chi connectivity index (χ4v) is 4.49. The molecule has 0 saturated carbocycles. The van der Waals surface area contributed by atoms with E-state index in [9.17, 15) is 8.42 Å². The molecule has 5 nitrogen and oxygen atoms in total. The van der Waals surface area contributed by atoms with Crippen LogP contribution in [0.15, 0.2) is 30.3 Å². The molecule has 0 bridgehead atoms. The van der Waals surface area contributed by atoms with Crippen molar-refractivity contribution in [3.05, 3.63) is 35.9 Å². The zero-order valence-corrected chi connectivity index (χ0v) is 14.6. The van der Waals surface area contributed by atoms with Gasteiger partial charge in [0, 0.05) is 23.7 Å². The molecule has 1 aromatic rings. The first-order chi connectivity index (χ1) is 10.1. The molecule has 0 spiro atoms. The summed E-state index contributed by atoms with van der Waals surface area (Å²) < 4.78 is 29.9. The molecule has 0 amide bonds. The number of benzene rings is 1. The van der Waals surface area contributed by atoms with Crippen molar-refractivity contribution in [2.75, 3.05) is 0 Å². The van der Waals surface area contributed by atoms with Crippen molar-refractivity contribution in [1.82, 2.24) is 14.8 Å². The van der Waals surface area contributed by atoms with E-state index in [0.717, 1.165) is 18.4 Å². The third kappa shape index (κ3) is 5.35. The molecule has 1 aromatic carbocycles. The van der Waals surface area contributed by atoms with Crippen molar-refractivity contribution >= 4 is 10.2 Å². The van der Waals surface area contributed by atoms with Crippen LogP contribution in [0.3, 0.4) is 0 Å². The molecule has 22 heavy (non-hydrogen) atoms. The highest BCUT2D eigenvalue weighted by atomic mass is 32.2. The largest absolute Gasteiger partial charge is 0.307 e. The molecule has 0 aliphatic carbocycles.